The molecule has 1 heterocycles. The summed E-state index contributed by atoms with van der Waals surface area (Å²) in [6, 6.07) is 13.7. The molecule has 0 aliphatic rings. The van der Waals surface area contributed by atoms with Crippen LogP contribution >= 0.6 is 11.3 Å². The van der Waals surface area contributed by atoms with Crippen LogP contribution in [-0.4, -0.2) is 21.6 Å². The first-order chi connectivity index (χ1) is 10.6. The molecule has 7 heteroatoms. The van der Waals surface area contributed by atoms with E-state index in [9.17, 15) is 15.2 Å². The summed E-state index contributed by atoms with van der Waals surface area (Å²) in [5.41, 5.74) is 1.55. The predicted octanol–water partition coefficient (Wildman–Crippen LogP) is 3.35. The average Bonchev–Trinajstić information content (AvgIpc) is 2.95. The molecule has 0 bridgehead atoms. The standard InChI is InChI=1S/C15H13N3O3S/c19-13(10-5-7-11(8-6-10)18(20)21)9-16-15-17-12-3-1-2-4-14(12)22-15/h1-8,13,19H,9H2,(H,16,17)/t13-/m1/s1. The summed E-state index contributed by atoms with van der Waals surface area (Å²) in [6.45, 7) is 0.289. The predicted molar refractivity (Wildman–Crippen MR) is 86.2 cm³/mol. The lowest BCUT2D eigenvalue weighted by atomic mass is 10.1. The van der Waals surface area contributed by atoms with Crippen molar-refractivity contribution < 1.29 is 10.0 Å². The van der Waals surface area contributed by atoms with Gasteiger partial charge in [0.15, 0.2) is 5.13 Å². The van der Waals surface area contributed by atoms with E-state index in [1.54, 1.807) is 12.1 Å². The van der Waals surface area contributed by atoms with Crippen LogP contribution in [0.25, 0.3) is 10.2 Å². The fourth-order valence-electron chi connectivity index (χ4n) is 2.07. The molecule has 2 aromatic carbocycles. The Hall–Kier alpha value is -2.51. The van der Waals surface area contributed by atoms with Crippen molar-refractivity contribution in [2.45, 2.75) is 6.10 Å². The summed E-state index contributed by atoms with van der Waals surface area (Å²) in [5, 5.41) is 24.6. The first-order valence-electron chi connectivity index (χ1n) is 6.65. The zero-order valence-corrected chi connectivity index (χ0v) is 12.3. The summed E-state index contributed by atoms with van der Waals surface area (Å²) < 4.78 is 1.08. The molecule has 0 aliphatic heterocycles. The highest BCUT2D eigenvalue weighted by atomic mass is 32.1. The Morgan fingerprint density at radius 2 is 1.95 bits per heavy atom. The summed E-state index contributed by atoms with van der Waals surface area (Å²) in [5.74, 6) is 0. The van der Waals surface area contributed by atoms with E-state index in [-0.39, 0.29) is 12.2 Å². The topological polar surface area (TPSA) is 88.3 Å². The molecule has 3 rings (SSSR count). The van der Waals surface area contributed by atoms with Crippen molar-refractivity contribution in [3.63, 3.8) is 0 Å². The molecule has 1 atom stereocenters. The second kappa shape index (κ2) is 6.08. The molecule has 3 aromatic rings. The van der Waals surface area contributed by atoms with Gasteiger partial charge in [-0.3, -0.25) is 10.1 Å². The second-order valence-electron chi connectivity index (χ2n) is 4.73. The molecule has 2 N–H and O–H groups in total. The molecule has 0 amide bonds. The molecule has 112 valence electrons. The first kappa shape index (κ1) is 14.4. The van der Waals surface area contributed by atoms with E-state index >= 15 is 0 Å². The number of thiazole rings is 1. The molecular weight excluding hydrogens is 302 g/mol. The van der Waals surface area contributed by atoms with Crippen LogP contribution in [0.1, 0.15) is 11.7 Å². The number of aliphatic hydroxyl groups excluding tert-OH is 1. The third-order valence-corrected chi connectivity index (χ3v) is 4.22. The lowest BCUT2D eigenvalue weighted by Crippen LogP contribution is -2.11. The van der Waals surface area contributed by atoms with Crippen LogP contribution in [0.4, 0.5) is 10.8 Å². The third-order valence-electron chi connectivity index (χ3n) is 3.23. The van der Waals surface area contributed by atoms with Crippen molar-refractivity contribution in [1.29, 1.82) is 0 Å². The second-order valence-corrected chi connectivity index (χ2v) is 5.76. The summed E-state index contributed by atoms with van der Waals surface area (Å²) in [4.78, 5) is 14.6. The minimum absolute atomic E-state index is 0.00934. The zero-order chi connectivity index (χ0) is 15.5. The van der Waals surface area contributed by atoms with E-state index in [1.807, 2.05) is 24.3 Å². The highest BCUT2D eigenvalue weighted by Gasteiger charge is 2.11. The molecular formula is C15H13N3O3S. The van der Waals surface area contributed by atoms with Crippen LogP contribution in [0, 0.1) is 10.1 Å². The number of nitrogens with zero attached hydrogens (tertiary/aromatic N) is 2. The monoisotopic (exact) mass is 315 g/mol. The van der Waals surface area contributed by atoms with Crippen LogP contribution < -0.4 is 5.32 Å². The summed E-state index contributed by atoms with van der Waals surface area (Å²) >= 11 is 1.52. The lowest BCUT2D eigenvalue weighted by molar-refractivity contribution is -0.384. The Kier molecular flexibility index (Phi) is 3.99. The molecule has 0 unspecified atom stereocenters. The van der Waals surface area contributed by atoms with Crippen molar-refractivity contribution in [3.8, 4) is 0 Å². The van der Waals surface area contributed by atoms with E-state index in [0.717, 1.165) is 15.3 Å². The van der Waals surface area contributed by atoms with Crippen molar-refractivity contribution in [2.75, 3.05) is 11.9 Å². The molecule has 22 heavy (non-hydrogen) atoms. The van der Waals surface area contributed by atoms with Gasteiger partial charge >= 0.3 is 0 Å². The van der Waals surface area contributed by atoms with Gasteiger partial charge in [-0.15, -0.1) is 0 Å². The quantitative estimate of drug-likeness (QED) is 0.557. The van der Waals surface area contributed by atoms with Crippen LogP contribution in [-0.2, 0) is 0 Å². The minimum atomic E-state index is -0.757. The van der Waals surface area contributed by atoms with Gasteiger partial charge in [0.05, 0.1) is 21.2 Å². The number of hydrogen-bond acceptors (Lipinski definition) is 6. The van der Waals surface area contributed by atoms with Crippen LogP contribution in [0.2, 0.25) is 0 Å². The number of fused-ring (bicyclic) bond motifs is 1. The number of non-ortho nitro benzene ring substituents is 1. The Bertz CT molecular complexity index is 768. The van der Waals surface area contributed by atoms with Crippen molar-refractivity contribution in [3.05, 3.63) is 64.2 Å². The Balaban J connectivity index is 1.66. The van der Waals surface area contributed by atoms with E-state index < -0.39 is 11.0 Å². The number of nitro benzene ring substituents is 1. The number of rotatable bonds is 5. The fourth-order valence-corrected chi connectivity index (χ4v) is 2.94. The minimum Gasteiger partial charge on any atom is -0.387 e. The van der Waals surface area contributed by atoms with Gasteiger partial charge < -0.3 is 10.4 Å². The van der Waals surface area contributed by atoms with Gasteiger partial charge in [-0.25, -0.2) is 4.98 Å². The van der Waals surface area contributed by atoms with Gasteiger partial charge in [-0.1, -0.05) is 23.5 Å². The van der Waals surface area contributed by atoms with Gasteiger partial charge in [0.2, 0.25) is 0 Å². The number of aromatic nitrogens is 1. The maximum absolute atomic E-state index is 10.6. The van der Waals surface area contributed by atoms with Crippen molar-refractivity contribution in [1.82, 2.24) is 4.98 Å². The molecule has 1 aromatic heterocycles. The molecule has 0 saturated carbocycles. The molecule has 0 fully saturated rings. The van der Waals surface area contributed by atoms with Crippen molar-refractivity contribution >= 4 is 32.4 Å². The zero-order valence-electron chi connectivity index (χ0n) is 11.5. The normalized spacial score (nSPS) is 12.2. The molecule has 6 nitrogen and oxygen atoms in total. The summed E-state index contributed by atoms with van der Waals surface area (Å²) in [6.07, 6.45) is -0.757. The first-order valence-corrected chi connectivity index (χ1v) is 7.47. The molecule has 0 aliphatic carbocycles. The van der Waals surface area contributed by atoms with E-state index in [4.69, 9.17) is 0 Å². The number of nitrogens with one attached hydrogen (secondary N) is 1. The maximum atomic E-state index is 10.6. The van der Waals surface area contributed by atoms with Gasteiger partial charge in [-0.05, 0) is 29.8 Å². The van der Waals surface area contributed by atoms with Crippen LogP contribution in [0.5, 0.6) is 0 Å². The Morgan fingerprint density at radius 3 is 2.64 bits per heavy atom. The number of benzene rings is 2. The van der Waals surface area contributed by atoms with E-state index in [0.29, 0.717) is 5.56 Å². The lowest BCUT2D eigenvalue weighted by Gasteiger charge is -2.11. The number of aliphatic hydroxyl groups is 1. The number of nitro groups is 1. The smallest absolute Gasteiger partial charge is 0.269 e. The Morgan fingerprint density at radius 1 is 1.23 bits per heavy atom. The van der Waals surface area contributed by atoms with Gasteiger partial charge in [0, 0.05) is 18.7 Å². The Labute approximate surface area is 130 Å². The third kappa shape index (κ3) is 3.05. The van der Waals surface area contributed by atoms with E-state index in [1.165, 1.54) is 23.5 Å². The van der Waals surface area contributed by atoms with Gasteiger partial charge in [0.1, 0.15) is 0 Å². The highest BCUT2D eigenvalue weighted by molar-refractivity contribution is 7.22. The number of hydrogen-bond donors (Lipinski definition) is 2. The summed E-state index contributed by atoms with van der Waals surface area (Å²) in [7, 11) is 0. The van der Waals surface area contributed by atoms with Crippen LogP contribution in [0.15, 0.2) is 48.5 Å². The number of para-hydroxylation sites is 1. The highest BCUT2D eigenvalue weighted by Crippen LogP contribution is 2.26. The molecule has 0 saturated heterocycles. The van der Waals surface area contributed by atoms with Gasteiger partial charge in [0.25, 0.3) is 5.69 Å². The van der Waals surface area contributed by atoms with Crippen LogP contribution in [0.3, 0.4) is 0 Å². The van der Waals surface area contributed by atoms with E-state index in [2.05, 4.69) is 10.3 Å². The largest absolute Gasteiger partial charge is 0.387 e. The fraction of sp³-hybridized carbons (Fsp3) is 0.133. The van der Waals surface area contributed by atoms with Crippen molar-refractivity contribution in [2.24, 2.45) is 0 Å². The SMILES string of the molecule is O=[N+]([O-])c1ccc([C@H](O)CNc2nc3ccccc3s2)cc1. The number of anilines is 1. The molecule has 0 spiro atoms. The average molecular weight is 315 g/mol. The molecule has 0 radical (unpaired) electrons. The van der Waals surface area contributed by atoms with Gasteiger partial charge in [-0.2, -0.15) is 0 Å². The maximum Gasteiger partial charge on any atom is 0.269 e.